The Hall–Kier alpha value is -0.370. The summed E-state index contributed by atoms with van der Waals surface area (Å²) in [7, 11) is 0. The summed E-state index contributed by atoms with van der Waals surface area (Å²) in [5, 5.41) is 0. The number of Topliss-reactive ketones (excluding diaryl/α,β-unsaturated/α-hetero) is 1. The van der Waals surface area contributed by atoms with Gasteiger partial charge in [0, 0.05) is 6.42 Å². The summed E-state index contributed by atoms with van der Waals surface area (Å²) >= 11 is 0. The lowest BCUT2D eigenvalue weighted by Crippen LogP contribution is -2.30. The predicted molar refractivity (Wildman–Crippen MR) is 36.7 cm³/mol. The number of fused-ring (bicyclic) bond motifs is 1. The highest BCUT2D eigenvalue weighted by atomic mass is 16.6. The van der Waals surface area contributed by atoms with Crippen LogP contribution in [0.4, 0.5) is 0 Å². The molecule has 2 nitrogen and oxygen atoms in total. The van der Waals surface area contributed by atoms with Gasteiger partial charge in [-0.3, -0.25) is 4.79 Å². The van der Waals surface area contributed by atoms with Crippen LogP contribution >= 0.6 is 0 Å². The Morgan fingerprint density at radius 1 is 1.60 bits per heavy atom. The summed E-state index contributed by atoms with van der Waals surface area (Å²) in [6, 6.07) is 0. The highest BCUT2D eigenvalue weighted by Gasteiger charge is 2.56. The third-order valence-corrected chi connectivity index (χ3v) is 2.59. The molecule has 0 radical (unpaired) electrons. The molecule has 56 valence electrons. The number of carbonyl (C=O) groups excluding carboxylic acids is 1. The molecule has 2 fully saturated rings. The van der Waals surface area contributed by atoms with Crippen molar-refractivity contribution in [2.75, 3.05) is 0 Å². The van der Waals surface area contributed by atoms with Gasteiger partial charge >= 0.3 is 0 Å². The first-order chi connectivity index (χ1) is 4.61. The van der Waals surface area contributed by atoms with E-state index in [1.807, 2.05) is 0 Å². The number of ether oxygens (including phenoxy) is 1. The Balaban J connectivity index is 2.16. The second-order valence-corrected chi connectivity index (χ2v) is 3.93. The van der Waals surface area contributed by atoms with Crippen molar-refractivity contribution in [2.24, 2.45) is 5.41 Å². The van der Waals surface area contributed by atoms with Crippen LogP contribution in [0.1, 0.15) is 26.7 Å². The molecule has 0 unspecified atom stereocenters. The lowest BCUT2D eigenvalue weighted by Gasteiger charge is -2.24. The van der Waals surface area contributed by atoms with Gasteiger partial charge in [0.15, 0.2) is 5.78 Å². The first-order valence-corrected chi connectivity index (χ1v) is 3.79. The lowest BCUT2D eigenvalue weighted by atomic mass is 9.77. The molecular formula is C8H12O2. The quantitative estimate of drug-likeness (QED) is 0.472. The van der Waals surface area contributed by atoms with E-state index in [1.165, 1.54) is 0 Å². The van der Waals surface area contributed by atoms with Gasteiger partial charge in [0.2, 0.25) is 0 Å². The second-order valence-electron chi connectivity index (χ2n) is 3.93. The molecule has 0 amide bonds. The topological polar surface area (TPSA) is 29.6 Å². The predicted octanol–water partition coefficient (Wildman–Crippen LogP) is 1.14. The van der Waals surface area contributed by atoms with E-state index >= 15 is 0 Å². The Morgan fingerprint density at radius 2 is 2.30 bits per heavy atom. The Labute approximate surface area is 60.6 Å². The van der Waals surface area contributed by atoms with E-state index in [0.717, 1.165) is 6.42 Å². The summed E-state index contributed by atoms with van der Waals surface area (Å²) in [5.74, 6) is 0.310. The van der Waals surface area contributed by atoms with Crippen molar-refractivity contribution in [1.29, 1.82) is 0 Å². The van der Waals surface area contributed by atoms with Crippen LogP contribution in [-0.4, -0.2) is 18.0 Å². The van der Waals surface area contributed by atoms with Crippen LogP contribution in [0, 0.1) is 5.41 Å². The molecule has 1 heterocycles. The normalized spacial score (nSPS) is 42.8. The van der Waals surface area contributed by atoms with Crippen LogP contribution in [0.2, 0.25) is 0 Å². The standard InChI is InChI=1S/C8H12O2/c1-8(2)4-3-5(9)6-7(8)10-6/h6-7H,3-4H2,1-2H3/t6-,7+/m0/s1. The van der Waals surface area contributed by atoms with E-state index in [0.29, 0.717) is 12.2 Å². The average Bonchev–Trinajstić information content (AvgIpc) is 2.58. The van der Waals surface area contributed by atoms with Crippen molar-refractivity contribution in [3.63, 3.8) is 0 Å². The van der Waals surface area contributed by atoms with Gasteiger partial charge in [0.1, 0.15) is 6.10 Å². The molecule has 1 saturated heterocycles. The van der Waals surface area contributed by atoms with E-state index in [9.17, 15) is 4.79 Å². The molecular weight excluding hydrogens is 128 g/mol. The lowest BCUT2D eigenvalue weighted by molar-refractivity contribution is -0.121. The molecule has 0 bridgehead atoms. The maximum absolute atomic E-state index is 11.0. The fourth-order valence-electron chi connectivity index (χ4n) is 1.68. The molecule has 2 heteroatoms. The molecule has 2 atom stereocenters. The summed E-state index contributed by atoms with van der Waals surface area (Å²) in [5.41, 5.74) is 0.249. The van der Waals surface area contributed by atoms with Crippen molar-refractivity contribution in [3.8, 4) is 0 Å². The van der Waals surface area contributed by atoms with Crippen LogP contribution in [0.3, 0.4) is 0 Å². The highest BCUT2D eigenvalue weighted by Crippen LogP contribution is 2.46. The van der Waals surface area contributed by atoms with Gasteiger partial charge in [0.25, 0.3) is 0 Å². The first kappa shape index (κ1) is 6.35. The van der Waals surface area contributed by atoms with Gasteiger partial charge in [0.05, 0.1) is 6.10 Å². The van der Waals surface area contributed by atoms with Crippen molar-refractivity contribution < 1.29 is 9.53 Å². The van der Waals surface area contributed by atoms with E-state index < -0.39 is 0 Å². The van der Waals surface area contributed by atoms with Gasteiger partial charge in [-0.1, -0.05) is 13.8 Å². The fraction of sp³-hybridized carbons (Fsp3) is 0.875. The van der Waals surface area contributed by atoms with Crippen molar-refractivity contribution in [1.82, 2.24) is 0 Å². The minimum absolute atomic E-state index is 0.0243. The molecule has 0 spiro atoms. The van der Waals surface area contributed by atoms with Crippen molar-refractivity contribution >= 4 is 5.78 Å². The van der Waals surface area contributed by atoms with E-state index in [1.54, 1.807) is 0 Å². The molecule has 2 aliphatic rings. The number of carbonyl (C=O) groups is 1. The average molecular weight is 140 g/mol. The summed E-state index contributed by atoms with van der Waals surface area (Å²) in [6.07, 6.45) is 1.93. The third kappa shape index (κ3) is 0.717. The minimum Gasteiger partial charge on any atom is -0.361 e. The maximum atomic E-state index is 11.0. The van der Waals surface area contributed by atoms with E-state index in [-0.39, 0.29) is 17.6 Å². The molecule has 10 heavy (non-hydrogen) atoms. The van der Waals surface area contributed by atoms with Crippen LogP contribution in [-0.2, 0) is 9.53 Å². The molecule has 0 aromatic carbocycles. The molecule has 0 N–H and O–H groups in total. The molecule has 1 aliphatic carbocycles. The largest absolute Gasteiger partial charge is 0.361 e. The van der Waals surface area contributed by atoms with Gasteiger partial charge in [-0.05, 0) is 11.8 Å². The molecule has 0 aromatic heterocycles. The number of hydrogen-bond acceptors (Lipinski definition) is 2. The minimum atomic E-state index is -0.0243. The second kappa shape index (κ2) is 1.62. The van der Waals surface area contributed by atoms with Crippen molar-refractivity contribution in [2.45, 2.75) is 38.9 Å². The number of rotatable bonds is 0. The van der Waals surface area contributed by atoms with Gasteiger partial charge in [-0.2, -0.15) is 0 Å². The highest BCUT2D eigenvalue weighted by molar-refractivity contribution is 5.87. The number of epoxide rings is 1. The van der Waals surface area contributed by atoms with E-state index in [4.69, 9.17) is 4.74 Å². The van der Waals surface area contributed by atoms with Crippen LogP contribution in [0.25, 0.3) is 0 Å². The molecule has 2 rings (SSSR count). The summed E-state index contributed by atoms with van der Waals surface area (Å²) in [6.45, 7) is 4.34. The molecule has 1 aliphatic heterocycles. The summed E-state index contributed by atoms with van der Waals surface area (Å²) < 4.78 is 5.26. The number of ketones is 1. The van der Waals surface area contributed by atoms with Gasteiger partial charge in [-0.25, -0.2) is 0 Å². The smallest absolute Gasteiger partial charge is 0.164 e. The molecule has 0 aromatic rings. The Kier molecular flexibility index (Phi) is 1.03. The zero-order valence-electron chi connectivity index (χ0n) is 6.39. The number of hydrogen-bond donors (Lipinski definition) is 0. The van der Waals surface area contributed by atoms with Crippen LogP contribution in [0.5, 0.6) is 0 Å². The zero-order chi connectivity index (χ0) is 7.35. The SMILES string of the molecule is CC1(C)CCC(=O)[C@@H]2O[C@H]21. The molecule has 1 saturated carbocycles. The van der Waals surface area contributed by atoms with Gasteiger partial charge in [-0.15, -0.1) is 0 Å². The fourth-order valence-corrected chi connectivity index (χ4v) is 1.68. The van der Waals surface area contributed by atoms with Crippen LogP contribution < -0.4 is 0 Å². The zero-order valence-corrected chi connectivity index (χ0v) is 6.39. The van der Waals surface area contributed by atoms with Gasteiger partial charge < -0.3 is 4.74 Å². The van der Waals surface area contributed by atoms with E-state index in [2.05, 4.69) is 13.8 Å². The maximum Gasteiger partial charge on any atom is 0.164 e. The van der Waals surface area contributed by atoms with Crippen LogP contribution in [0.15, 0.2) is 0 Å². The summed E-state index contributed by atoms with van der Waals surface area (Å²) in [4.78, 5) is 11.0. The van der Waals surface area contributed by atoms with Crippen molar-refractivity contribution in [3.05, 3.63) is 0 Å². The third-order valence-electron chi connectivity index (χ3n) is 2.59. The monoisotopic (exact) mass is 140 g/mol. The first-order valence-electron chi connectivity index (χ1n) is 3.79. The Bertz CT molecular complexity index is 184. The Morgan fingerprint density at radius 3 is 2.90 bits per heavy atom.